The van der Waals surface area contributed by atoms with Crippen molar-refractivity contribution >= 4 is 0 Å². The second kappa shape index (κ2) is 6.66. The zero-order chi connectivity index (χ0) is 15.4. The Balaban J connectivity index is 1.87. The van der Waals surface area contributed by atoms with Crippen LogP contribution in [0.5, 0.6) is 0 Å². The summed E-state index contributed by atoms with van der Waals surface area (Å²) < 4.78 is 20.7. The predicted octanol–water partition coefficient (Wildman–Crippen LogP) is 2.96. The first-order valence-electron chi connectivity index (χ1n) is 7.24. The van der Waals surface area contributed by atoms with Crippen LogP contribution in [0.4, 0.5) is 4.39 Å². The number of hydrogen-bond acceptors (Lipinski definition) is 3. The van der Waals surface area contributed by atoms with Crippen molar-refractivity contribution in [3.63, 3.8) is 0 Å². The van der Waals surface area contributed by atoms with Crippen LogP contribution in [-0.4, -0.2) is 28.0 Å². The molecule has 0 saturated carbocycles. The van der Waals surface area contributed by atoms with Crippen molar-refractivity contribution in [1.82, 2.24) is 14.8 Å². The molecule has 0 N–H and O–H groups in total. The molecule has 3 rings (SSSR count). The quantitative estimate of drug-likeness (QED) is 0.823. The lowest BCUT2D eigenvalue weighted by molar-refractivity contribution is 0.0337. The Morgan fingerprint density at radius 1 is 1.23 bits per heavy atom. The Bertz CT molecular complexity index is 637. The first-order chi connectivity index (χ1) is 10.8. The number of benzene rings is 1. The third-order valence-electron chi connectivity index (χ3n) is 3.94. The Morgan fingerprint density at radius 2 is 1.95 bits per heavy atom. The lowest BCUT2D eigenvalue weighted by atomic mass is 9.92. The number of allylic oxidation sites excluding steroid dienone is 2. The minimum absolute atomic E-state index is 0.0182. The van der Waals surface area contributed by atoms with Gasteiger partial charge in [0.15, 0.2) is 0 Å². The van der Waals surface area contributed by atoms with Crippen molar-refractivity contribution in [2.75, 3.05) is 7.11 Å². The van der Waals surface area contributed by atoms with Crippen molar-refractivity contribution in [3.05, 3.63) is 72.6 Å². The molecule has 1 aromatic heterocycles. The van der Waals surface area contributed by atoms with Gasteiger partial charge in [-0.15, -0.1) is 0 Å². The SMILES string of the molecule is COC(C1C=CC=C1)C(Cc1ccc(F)cc1)n1cncn1. The fraction of sp³-hybridized carbons (Fsp3) is 0.294. The van der Waals surface area contributed by atoms with Gasteiger partial charge in [0.05, 0.1) is 12.1 Å². The monoisotopic (exact) mass is 299 g/mol. The average molecular weight is 299 g/mol. The second-order valence-corrected chi connectivity index (χ2v) is 5.32. The lowest BCUT2D eigenvalue weighted by Gasteiger charge is -2.29. The maximum absolute atomic E-state index is 13.1. The maximum Gasteiger partial charge on any atom is 0.137 e. The number of aromatic nitrogens is 3. The molecule has 1 aliphatic rings. The van der Waals surface area contributed by atoms with Crippen molar-refractivity contribution in [1.29, 1.82) is 0 Å². The van der Waals surface area contributed by atoms with Crippen LogP contribution in [0.1, 0.15) is 11.6 Å². The molecule has 1 aromatic carbocycles. The highest BCUT2D eigenvalue weighted by molar-refractivity contribution is 5.22. The third-order valence-corrected chi connectivity index (χ3v) is 3.94. The molecular weight excluding hydrogens is 281 g/mol. The van der Waals surface area contributed by atoms with Gasteiger partial charge in [0.1, 0.15) is 18.5 Å². The number of methoxy groups -OCH3 is 1. The van der Waals surface area contributed by atoms with Crippen LogP contribution in [0.25, 0.3) is 0 Å². The van der Waals surface area contributed by atoms with Crippen molar-refractivity contribution in [2.24, 2.45) is 5.92 Å². The molecule has 0 aliphatic heterocycles. The van der Waals surface area contributed by atoms with Gasteiger partial charge >= 0.3 is 0 Å². The Kier molecular flexibility index (Phi) is 4.44. The van der Waals surface area contributed by atoms with Crippen LogP contribution < -0.4 is 0 Å². The molecule has 2 atom stereocenters. The molecule has 0 fully saturated rings. The molecule has 0 saturated heterocycles. The normalized spacial score (nSPS) is 17.0. The number of hydrogen-bond donors (Lipinski definition) is 0. The molecule has 114 valence electrons. The van der Waals surface area contributed by atoms with E-state index in [2.05, 4.69) is 22.2 Å². The molecule has 0 spiro atoms. The molecule has 0 bridgehead atoms. The zero-order valence-corrected chi connectivity index (χ0v) is 12.3. The standard InChI is InChI=1S/C17H18FN3O/c1-22-17(14-4-2-3-5-14)16(21-12-19-11-20-21)10-13-6-8-15(18)9-7-13/h2-9,11-12,14,16-17H,10H2,1H3. The minimum atomic E-state index is -0.231. The largest absolute Gasteiger partial charge is 0.378 e. The van der Waals surface area contributed by atoms with E-state index in [1.54, 1.807) is 25.6 Å². The molecule has 5 heteroatoms. The third kappa shape index (κ3) is 3.14. The summed E-state index contributed by atoms with van der Waals surface area (Å²) in [6, 6.07) is 6.53. The van der Waals surface area contributed by atoms with E-state index in [9.17, 15) is 4.39 Å². The van der Waals surface area contributed by atoms with E-state index < -0.39 is 0 Å². The van der Waals surface area contributed by atoms with Gasteiger partial charge < -0.3 is 4.74 Å². The molecular formula is C17H18FN3O. The minimum Gasteiger partial charge on any atom is -0.378 e. The van der Waals surface area contributed by atoms with Crippen LogP contribution in [0.15, 0.2) is 61.2 Å². The van der Waals surface area contributed by atoms with Crippen LogP contribution in [0.3, 0.4) is 0 Å². The highest BCUT2D eigenvalue weighted by Gasteiger charge is 2.30. The summed E-state index contributed by atoms with van der Waals surface area (Å²) in [7, 11) is 1.71. The Hall–Kier alpha value is -2.27. The van der Waals surface area contributed by atoms with E-state index in [-0.39, 0.29) is 23.9 Å². The summed E-state index contributed by atoms with van der Waals surface area (Å²) in [5.41, 5.74) is 1.04. The first-order valence-corrected chi connectivity index (χ1v) is 7.24. The smallest absolute Gasteiger partial charge is 0.137 e. The van der Waals surface area contributed by atoms with E-state index in [0.29, 0.717) is 6.42 Å². The van der Waals surface area contributed by atoms with Gasteiger partial charge in [-0.3, -0.25) is 0 Å². The van der Waals surface area contributed by atoms with Crippen LogP contribution >= 0.6 is 0 Å². The van der Waals surface area contributed by atoms with Crippen LogP contribution in [0, 0.1) is 11.7 Å². The second-order valence-electron chi connectivity index (χ2n) is 5.32. The first kappa shape index (κ1) is 14.7. The molecule has 1 aliphatic carbocycles. The lowest BCUT2D eigenvalue weighted by Crippen LogP contribution is -2.33. The van der Waals surface area contributed by atoms with Crippen molar-refractivity contribution < 1.29 is 9.13 Å². The van der Waals surface area contributed by atoms with Gasteiger partial charge in [-0.1, -0.05) is 36.4 Å². The van der Waals surface area contributed by atoms with E-state index in [1.165, 1.54) is 18.5 Å². The topological polar surface area (TPSA) is 39.9 Å². The Morgan fingerprint density at radius 3 is 2.55 bits per heavy atom. The molecule has 0 radical (unpaired) electrons. The molecule has 4 nitrogen and oxygen atoms in total. The van der Waals surface area contributed by atoms with Crippen molar-refractivity contribution in [2.45, 2.75) is 18.6 Å². The fourth-order valence-electron chi connectivity index (χ4n) is 2.85. The summed E-state index contributed by atoms with van der Waals surface area (Å²) in [5.74, 6) is -0.0364. The van der Waals surface area contributed by atoms with Gasteiger partial charge in [-0.25, -0.2) is 14.1 Å². The number of nitrogens with zero attached hydrogens (tertiary/aromatic N) is 3. The fourth-order valence-corrected chi connectivity index (χ4v) is 2.85. The summed E-state index contributed by atoms with van der Waals surface area (Å²) in [5, 5.41) is 4.27. The highest BCUT2D eigenvalue weighted by Crippen LogP contribution is 2.28. The molecule has 22 heavy (non-hydrogen) atoms. The van der Waals surface area contributed by atoms with Gasteiger partial charge in [-0.05, 0) is 24.1 Å². The van der Waals surface area contributed by atoms with Crippen LogP contribution in [-0.2, 0) is 11.2 Å². The van der Waals surface area contributed by atoms with Crippen LogP contribution in [0.2, 0.25) is 0 Å². The number of rotatable bonds is 6. The van der Waals surface area contributed by atoms with Gasteiger partial charge in [0.25, 0.3) is 0 Å². The maximum atomic E-state index is 13.1. The van der Waals surface area contributed by atoms with Gasteiger partial charge in [-0.2, -0.15) is 5.10 Å². The number of halogens is 1. The zero-order valence-electron chi connectivity index (χ0n) is 12.3. The van der Waals surface area contributed by atoms with Crippen molar-refractivity contribution in [3.8, 4) is 0 Å². The summed E-state index contributed by atoms with van der Waals surface area (Å²) in [6.07, 6.45) is 12.1. The highest BCUT2D eigenvalue weighted by atomic mass is 19.1. The van der Waals surface area contributed by atoms with Gasteiger partial charge in [0, 0.05) is 13.0 Å². The average Bonchev–Trinajstić information content (AvgIpc) is 3.22. The molecule has 0 amide bonds. The van der Waals surface area contributed by atoms with Gasteiger partial charge in [0.2, 0.25) is 0 Å². The summed E-state index contributed by atoms with van der Waals surface area (Å²) in [4.78, 5) is 4.04. The molecule has 1 heterocycles. The molecule has 2 unspecified atom stereocenters. The van der Waals surface area contributed by atoms with E-state index in [1.807, 2.05) is 16.8 Å². The summed E-state index contributed by atoms with van der Waals surface area (Å²) in [6.45, 7) is 0. The predicted molar refractivity (Wildman–Crippen MR) is 81.7 cm³/mol. The Labute approximate surface area is 128 Å². The molecule has 2 aromatic rings. The van der Waals surface area contributed by atoms with E-state index >= 15 is 0 Å². The number of ether oxygens (including phenoxy) is 1. The summed E-state index contributed by atoms with van der Waals surface area (Å²) >= 11 is 0. The van der Waals surface area contributed by atoms with E-state index in [4.69, 9.17) is 4.74 Å². The van der Waals surface area contributed by atoms with E-state index in [0.717, 1.165) is 5.56 Å².